The van der Waals surface area contributed by atoms with Gasteiger partial charge in [0.05, 0.1) is 0 Å². The van der Waals surface area contributed by atoms with Gasteiger partial charge < -0.3 is 10.1 Å². The Morgan fingerprint density at radius 2 is 1.85 bits per heavy atom. The molecule has 2 aromatic carbocycles. The van der Waals surface area contributed by atoms with E-state index in [2.05, 4.69) is 42.4 Å². The molecule has 0 radical (unpaired) electrons. The second-order valence-electron chi connectivity index (χ2n) is 4.50. The lowest BCUT2D eigenvalue weighted by molar-refractivity contribution is 0.366. The highest BCUT2D eigenvalue weighted by atomic mass is 16.5. The molecule has 1 N–H and O–H groups in total. The lowest BCUT2D eigenvalue weighted by Gasteiger charge is -2.11. The van der Waals surface area contributed by atoms with Crippen LogP contribution >= 0.6 is 0 Å². The molecular weight excluding hydrogens is 246 g/mol. The van der Waals surface area contributed by atoms with E-state index in [9.17, 15) is 0 Å². The molecule has 0 aliphatic heterocycles. The second-order valence-corrected chi connectivity index (χ2v) is 4.50. The fourth-order valence-electron chi connectivity index (χ4n) is 1.97. The van der Waals surface area contributed by atoms with Gasteiger partial charge in [0.25, 0.3) is 0 Å². The van der Waals surface area contributed by atoms with Crippen LogP contribution < -0.4 is 10.1 Å². The highest BCUT2D eigenvalue weighted by Gasteiger charge is 2.02. The van der Waals surface area contributed by atoms with E-state index >= 15 is 0 Å². The summed E-state index contributed by atoms with van der Waals surface area (Å²) >= 11 is 0. The summed E-state index contributed by atoms with van der Waals surface area (Å²) < 4.78 is 5.54. The number of nitrogens with one attached hydrogen (secondary N) is 1. The zero-order valence-corrected chi connectivity index (χ0v) is 11.7. The highest BCUT2D eigenvalue weighted by molar-refractivity contribution is 5.46. The van der Waals surface area contributed by atoms with Crippen molar-refractivity contribution in [2.75, 3.05) is 11.9 Å². The number of hydrogen-bond acceptors (Lipinski definition) is 2. The number of benzene rings is 2. The summed E-state index contributed by atoms with van der Waals surface area (Å²) in [4.78, 5) is 0. The Bertz CT molecular complexity index is 581. The summed E-state index contributed by atoms with van der Waals surface area (Å²) in [7, 11) is 0. The SMILES string of the molecule is C#CCOc1ccccc1CNc1ccc(CC)cc1. The van der Waals surface area contributed by atoms with Gasteiger partial charge in [0, 0.05) is 17.8 Å². The van der Waals surface area contributed by atoms with Crippen LogP contribution in [0.15, 0.2) is 48.5 Å². The van der Waals surface area contributed by atoms with E-state index in [1.165, 1.54) is 5.56 Å². The number of aryl methyl sites for hydroxylation is 1. The highest BCUT2D eigenvalue weighted by Crippen LogP contribution is 2.19. The van der Waals surface area contributed by atoms with Crippen molar-refractivity contribution in [3.63, 3.8) is 0 Å². The van der Waals surface area contributed by atoms with Crippen LogP contribution in [0, 0.1) is 12.3 Å². The van der Waals surface area contributed by atoms with E-state index in [0.717, 1.165) is 23.4 Å². The molecule has 0 unspecified atom stereocenters. The van der Waals surface area contributed by atoms with Crippen LogP contribution in [0.25, 0.3) is 0 Å². The molecule has 0 saturated heterocycles. The summed E-state index contributed by atoms with van der Waals surface area (Å²) in [6.45, 7) is 3.16. The minimum Gasteiger partial charge on any atom is -0.481 e. The summed E-state index contributed by atoms with van der Waals surface area (Å²) in [6, 6.07) is 16.4. The Morgan fingerprint density at radius 1 is 1.10 bits per heavy atom. The first-order valence-corrected chi connectivity index (χ1v) is 6.80. The average molecular weight is 265 g/mol. The standard InChI is InChI=1S/C18H19NO/c1-3-13-20-18-8-6-5-7-16(18)14-19-17-11-9-15(4-2)10-12-17/h1,5-12,19H,4,13-14H2,2H3. The molecule has 20 heavy (non-hydrogen) atoms. The van der Waals surface area contributed by atoms with E-state index in [4.69, 9.17) is 11.2 Å². The fourth-order valence-corrected chi connectivity index (χ4v) is 1.97. The average Bonchev–Trinajstić information content (AvgIpc) is 2.52. The van der Waals surface area contributed by atoms with E-state index in [0.29, 0.717) is 13.2 Å². The van der Waals surface area contributed by atoms with Gasteiger partial charge in [-0.2, -0.15) is 0 Å². The van der Waals surface area contributed by atoms with Crippen LogP contribution in [0.1, 0.15) is 18.1 Å². The van der Waals surface area contributed by atoms with E-state index < -0.39 is 0 Å². The van der Waals surface area contributed by atoms with Crippen molar-refractivity contribution in [3.05, 3.63) is 59.7 Å². The zero-order valence-electron chi connectivity index (χ0n) is 11.7. The number of anilines is 1. The molecular formula is C18H19NO. The van der Waals surface area contributed by atoms with Gasteiger partial charge in [-0.3, -0.25) is 0 Å². The molecule has 2 aromatic rings. The molecule has 0 saturated carbocycles. The summed E-state index contributed by atoms with van der Waals surface area (Å²) in [5.74, 6) is 3.32. The van der Waals surface area contributed by atoms with Crippen molar-refractivity contribution in [1.82, 2.24) is 0 Å². The maximum atomic E-state index is 5.54. The van der Waals surface area contributed by atoms with Crippen molar-refractivity contribution in [1.29, 1.82) is 0 Å². The molecule has 2 rings (SSSR count). The van der Waals surface area contributed by atoms with Gasteiger partial charge in [-0.15, -0.1) is 6.42 Å². The molecule has 0 fully saturated rings. The Balaban J connectivity index is 2.01. The molecule has 0 aliphatic carbocycles. The van der Waals surface area contributed by atoms with Crippen LogP contribution in [0.4, 0.5) is 5.69 Å². The largest absolute Gasteiger partial charge is 0.481 e. The monoisotopic (exact) mass is 265 g/mol. The van der Waals surface area contributed by atoms with Crippen molar-refractivity contribution >= 4 is 5.69 Å². The molecule has 102 valence electrons. The Kier molecular flexibility index (Phi) is 5.08. The summed E-state index contributed by atoms with van der Waals surface area (Å²) in [5, 5.41) is 3.40. The molecule has 2 heteroatoms. The lowest BCUT2D eigenvalue weighted by Crippen LogP contribution is -2.03. The zero-order chi connectivity index (χ0) is 14.2. The number of ether oxygens (including phenoxy) is 1. The van der Waals surface area contributed by atoms with Crippen LogP contribution in [0.3, 0.4) is 0 Å². The molecule has 0 atom stereocenters. The first-order valence-electron chi connectivity index (χ1n) is 6.80. The van der Waals surface area contributed by atoms with Crippen molar-refractivity contribution in [2.45, 2.75) is 19.9 Å². The third-order valence-electron chi connectivity index (χ3n) is 3.13. The number of terminal acetylenes is 1. The predicted molar refractivity (Wildman–Crippen MR) is 83.9 cm³/mol. The molecule has 0 aromatic heterocycles. The second kappa shape index (κ2) is 7.25. The maximum absolute atomic E-state index is 5.54. The van der Waals surface area contributed by atoms with Gasteiger partial charge in [0.2, 0.25) is 0 Å². The third-order valence-corrected chi connectivity index (χ3v) is 3.13. The van der Waals surface area contributed by atoms with E-state index in [1.54, 1.807) is 0 Å². The molecule has 0 aliphatic rings. The van der Waals surface area contributed by atoms with Gasteiger partial charge in [0.15, 0.2) is 0 Å². The topological polar surface area (TPSA) is 21.3 Å². The molecule has 0 bridgehead atoms. The Morgan fingerprint density at radius 3 is 2.55 bits per heavy atom. The lowest BCUT2D eigenvalue weighted by atomic mass is 10.1. The normalized spacial score (nSPS) is 9.80. The minimum atomic E-state index is 0.294. The van der Waals surface area contributed by atoms with Crippen LogP contribution in [-0.4, -0.2) is 6.61 Å². The smallest absolute Gasteiger partial charge is 0.148 e. The van der Waals surface area contributed by atoms with Crippen molar-refractivity contribution in [3.8, 4) is 18.1 Å². The molecule has 0 amide bonds. The van der Waals surface area contributed by atoms with Gasteiger partial charge in [-0.05, 0) is 30.2 Å². The minimum absolute atomic E-state index is 0.294. The maximum Gasteiger partial charge on any atom is 0.148 e. The number of rotatable bonds is 6. The summed E-state index contributed by atoms with van der Waals surface area (Å²) in [6.07, 6.45) is 6.29. The Hall–Kier alpha value is -2.40. The van der Waals surface area contributed by atoms with Crippen molar-refractivity contribution in [2.24, 2.45) is 0 Å². The van der Waals surface area contributed by atoms with E-state index in [-0.39, 0.29) is 0 Å². The van der Waals surface area contributed by atoms with Gasteiger partial charge >= 0.3 is 0 Å². The number of para-hydroxylation sites is 1. The summed E-state index contributed by atoms with van der Waals surface area (Å²) in [5.41, 5.74) is 3.55. The fraction of sp³-hybridized carbons (Fsp3) is 0.222. The van der Waals surface area contributed by atoms with Crippen LogP contribution in [0.2, 0.25) is 0 Å². The quantitative estimate of drug-likeness (QED) is 0.800. The molecule has 0 heterocycles. The van der Waals surface area contributed by atoms with Crippen LogP contribution in [0.5, 0.6) is 5.75 Å². The predicted octanol–water partition coefficient (Wildman–Crippen LogP) is 3.87. The Labute approximate surface area is 120 Å². The van der Waals surface area contributed by atoms with Crippen molar-refractivity contribution < 1.29 is 4.74 Å². The first kappa shape index (κ1) is 14.0. The molecule has 2 nitrogen and oxygen atoms in total. The first-order chi connectivity index (χ1) is 9.83. The molecule has 0 spiro atoms. The third kappa shape index (κ3) is 3.80. The van der Waals surface area contributed by atoms with Gasteiger partial charge in [-0.1, -0.05) is 43.2 Å². The van der Waals surface area contributed by atoms with Gasteiger partial charge in [-0.25, -0.2) is 0 Å². The van der Waals surface area contributed by atoms with Gasteiger partial charge in [0.1, 0.15) is 12.4 Å². The van der Waals surface area contributed by atoms with E-state index in [1.807, 2.05) is 24.3 Å². The number of hydrogen-bond donors (Lipinski definition) is 1. The van der Waals surface area contributed by atoms with Crippen LogP contribution in [-0.2, 0) is 13.0 Å².